The topological polar surface area (TPSA) is 35.0 Å². The summed E-state index contributed by atoms with van der Waals surface area (Å²) >= 11 is 1.36. The van der Waals surface area contributed by atoms with Crippen molar-refractivity contribution in [3.8, 4) is 11.6 Å². The van der Waals surface area contributed by atoms with E-state index in [0.717, 1.165) is 29.5 Å². The van der Waals surface area contributed by atoms with Crippen molar-refractivity contribution in [3.63, 3.8) is 0 Å². The zero-order valence-corrected chi connectivity index (χ0v) is 16.2. The van der Waals surface area contributed by atoms with Crippen LogP contribution in [0.25, 0.3) is 0 Å². The summed E-state index contributed by atoms with van der Waals surface area (Å²) in [7, 11) is 0. The highest BCUT2D eigenvalue weighted by molar-refractivity contribution is 7.98. The number of hydrogen-bond acceptors (Lipinski definition) is 4. The van der Waals surface area contributed by atoms with Crippen molar-refractivity contribution in [3.05, 3.63) is 76.5 Å². The molecule has 0 aliphatic rings. The van der Waals surface area contributed by atoms with Gasteiger partial charge in [-0.25, -0.2) is 13.8 Å². The molecule has 0 bridgehead atoms. The third kappa shape index (κ3) is 5.04. The summed E-state index contributed by atoms with van der Waals surface area (Å²) in [6.45, 7) is 6.08. The van der Waals surface area contributed by atoms with Crippen LogP contribution in [0.1, 0.15) is 29.3 Å². The van der Waals surface area contributed by atoms with Crippen molar-refractivity contribution < 1.29 is 13.5 Å². The van der Waals surface area contributed by atoms with E-state index in [2.05, 4.69) is 9.97 Å². The maximum absolute atomic E-state index is 13.4. The molecule has 0 spiro atoms. The van der Waals surface area contributed by atoms with Crippen molar-refractivity contribution >= 4 is 11.8 Å². The number of benzene rings is 2. The van der Waals surface area contributed by atoms with Crippen molar-refractivity contribution in [1.29, 1.82) is 0 Å². The Bertz CT molecular complexity index is 963. The standard InChI is InChI=1S/C21H20F2N2OS/c1-4-16-11-20(26-17-7-5-13(2)14(3)9-17)25-21(24-16)27-12-15-6-8-18(22)19(23)10-15/h5-11H,4,12H2,1-3H3. The van der Waals surface area contributed by atoms with Crippen LogP contribution in [0.5, 0.6) is 11.6 Å². The molecule has 0 saturated carbocycles. The number of ether oxygens (including phenoxy) is 1. The van der Waals surface area contributed by atoms with Crippen LogP contribution >= 0.6 is 11.8 Å². The highest BCUT2D eigenvalue weighted by atomic mass is 32.2. The van der Waals surface area contributed by atoms with Gasteiger partial charge in [0.25, 0.3) is 0 Å². The van der Waals surface area contributed by atoms with Gasteiger partial charge in [-0.3, -0.25) is 0 Å². The Morgan fingerprint density at radius 1 is 0.926 bits per heavy atom. The summed E-state index contributed by atoms with van der Waals surface area (Å²) in [5.74, 6) is -0.0755. The average Bonchev–Trinajstić information content (AvgIpc) is 2.65. The second kappa shape index (κ2) is 8.48. The molecule has 0 atom stereocenters. The molecule has 6 heteroatoms. The largest absolute Gasteiger partial charge is 0.439 e. The predicted octanol–water partition coefficient (Wildman–Crippen LogP) is 6.02. The molecular formula is C21H20F2N2OS. The summed E-state index contributed by atoms with van der Waals surface area (Å²) in [4.78, 5) is 8.93. The van der Waals surface area contributed by atoms with E-state index in [1.807, 2.05) is 45.0 Å². The molecule has 0 N–H and O–H groups in total. The molecule has 0 aliphatic heterocycles. The van der Waals surface area contributed by atoms with Gasteiger partial charge in [-0.05, 0) is 61.2 Å². The molecular weight excluding hydrogens is 366 g/mol. The zero-order valence-electron chi connectivity index (χ0n) is 15.4. The predicted molar refractivity (Wildman–Crippen MR) is 103 cm³/mol. The Morgan fingerprint density at radius 2 is 1.74 bits per heavy atom. The van der Waals surface area contributed by atoms with Crippen LogP contribution in [0, 0.1) is 25.5 Å². The Kier molecular flexibility index (Phi) is 6.06. The van der Waals surface area contributed by atoms with Gasteiger partial charge in [0.2, 0.25) is 5.88 Å². The Labute approximate surface area is 161 Å². The summed E-state index contributed by atoms with van der Waals surface area (Å²) < 4.78 is 32.3. The van der Waals surface area contributed by atoms with Gasteiger partial charge in [-0.2, -0.15) is 4.98 Å². The van der Waals surface area contributed by atoms with E-state index >= 15 is 0 Å². The number of aromatic nitrogens is 2. The lowest BCUT2D eigenvalue weighted by Crippen LogP contribution is -1.98. The van der Waals surface area contributed by atoms with Crippen LogP contribution in [-0.4, -0.2) is 9.97 Å². The van der Waals surface area contributed by atoms with Gasteiger partial charge in [-0.15, -0.1) is 0 Å². The fourth-order valence-electron chi connectivity index (χ4n) is 2.42. The lowest BCUT2D eigenvalue weighted by atomic mass is 10.1. The number of thioether (sulfide) groups is 1. The monoisotopic (exact) mass is 386 g/mol. The van der Waals surface area contributed by atoms with Crippen molar-refractivity contribution in [1.82, 2.24) is 9.97 Å². The number of rotatable bonds is 6. The number of hydrogen-bond donors (Lipinski definition) is 0. The van der Waals surface area contributed by atoms with Crippen LogP contribution in [0.15, 0.2) is 47.6 Å². The Hall–Kier alpha value is -2.47. The summed E-state index contributed by atoms with van der Waals surface area (Å²) in [5, 5.41) is 0.540. The van der Waals surface area contributed by atoms with E-state index in [-0.39, 0.29) is 0 Å². The first kappa shape index (κ1) is 19.3. The molecule has 27 heavy (non-hydrogen) atoms. The molecule has 0 fully saturated rings. The first-order valence-electron chi connectivity index (χ1n) is 8.64. The Balaban J connectivity index is 1.78. The normalized spacial score (nSPS) is 10.9. The molecule has 0 aliphatic carbocycles. The van der Waals surface area contributed by atoms with Crippen molar-refractivity contribution in [2.24, 2.45) is 0 Å². The first-order valence-corrected chi connectivity index (χ1v) is 9.63. The van der Waals surface area contributed by atoms with Crippen LogP contribution in [0.4, 0.5) is 8.78 Å². The molecule has 3 nitrogen and oxygen atoms in total. The van der Waals surface area contributed by atoms with Gasteiger partial charge in [-0.1, -0.05) is 30.8 Å². The maximum Gasteiger partial charge on any atom is 0.223 e. The fraction of sp³-hybridized carbons (Fsp3) is 0.238. The quantitative estimate of drug-likeness (QED) is 0.383. The van der Waals surface area contributed by atoms with Gasteiger partial charge >= 0.3 is 0 Å². The second-order valence-electron chi connectivity index (χ2n) is 6.22. The van der Waals surface area contributed by atoms with Gasteiger partial charge < -0.3 is 4.74 Å². The minimum absolute atomic E-state index is 0.438. The first-order chi connectivity index (χ1) is 12.9. The molecule has 140 valence electrons. The van der Waals surface area contributed by atoms with E-state index in [1.165, 1.54) is 23.4 Å². The van der Waals surface area contributed by atoms with E-state index in [1.54, 1.807) is 6.07 Å². The summed E-state index contributed by atoms with van der Waals surface area (Å²) in [6, 6.07) is 11.6. The van der Waals surface area contributed by atoms with Gasteiger partial charge in [0.1, 0.15) is 5.75 Å². The highest BCUT2D eigenvalue weighted by Gasteiger charge is 2.09. The molecule has 3 rings (SSSR count). The number of nitrogens with zero attached hydrogens (tertiary/aromatic N) is 2. The molecule has 0 amide bonds. The van der Waals surface area contributed by atoms with E-state index in [9.17, 15) is 8.78 Å². The number of aryl methyl sites for hydroxylation is 3. The molecule has 0 radical (unpaired) electrons. The van der Waals surface area contributed by atoms with Gasteiger partial charge in [0.05, 0.1) is 0 Å². The number of halogens is 2. The fourth-order valence-corrected chi connectivity index (χ4v) is 3.23. The lowest BCUT2D eigenvalue weighted by molar-refractivity contribution is 0.453. The molecule has 0 saturated heterocycles. The molecule has 1 heterocycles. The second-order valence-corrected chi connectivity index (χ2v) is 7.16. The lowest BCUT2D eigenvalue weighted by Gasteiger charge is -2.10. The average molecular weight is 386 g/mol. The van der Waals surface area contributed by atoms with E-state index in [4.69, 9.17) is 4.74 Å². The summed E-state index contributed by atoms with van der Waals surface area (Å²) in [6.07, 6.45) is 0.741. The highest BCUT2D eigenvalue weighted by Crippen LogP contribution is 2.27. The van der Waals surface area contributed by atoms with Gasteiger partial charge in [0, 0.05) is 17.5 Å². The molecule has 1 aromatic heterocycles. The van der Waals surface area contributed by atoms with Crippen molar-refractivity contribution in [2.45, 2.75) is 38.1 Å². The van der Waals surface area contributed by atoms with Gasteiger partial charge in [0.15, 0.2) is 16.8 Å². The smallest absolute Gasteiger partial charge is 0.223 e. The van der Waals surface area contributed by atoms with Crippen LogP contribution in [0.2, 0.25) is 0 Å². The van der Waals surface area contributed by atoms with Crippen LogP contribution in [-0.2, 0) is 12.2 Å². The zero-order chi connectivity index (χ0) is 19.4. The molecule has 0 unspecified atom stereocenters. The summed E-state index contributed by atoms with van der Waals surface area (Å²) in [5.41, 5.74) is 3.87. The van der Waals surface area contributed by atoms with E-state index in [0.29, 0.717) is 22.4 Å². The van der Waals surface area contributed by atoms with Crippen LogP contribution in [0.3, 0.4) is 0 Å². The molecule has 3 aromatic rings. The van der Waals surface area contributed by atoms with E-state index < -0.39 is 11.6 Å². The molecule has 2 aromatic carbocycles. The Morgan fingerprint density at radius 3 is 2.44 bits per heavy atom. The minimum atomic E-state index is -0.852. The maximum atomic E-state index is 13.4. The third-order valence-electron chi connectivity index (χ3n) is 4.15. The van der Waals surface area contributed by atoms with Crippen molar-refractivity contribution in [2.75, 3.05) is 0 Å². The SMILES string of the molecule is CCc1cc(Oc2ccc(C)c(C)c2)nc(SCc2ccc(F)c(F)c2)n1. The third-order valence-corrected chi connectivity index (χ3v) is 5.07. The van der Waals surface area contributed by atoms with Crippen LogP contribution < -0.4 is 4.74 Å². The minimum Gasteiger partial charge on any atom is -0.439 e.